The number of piperazine rings is 1. The summed E-state index contributed by atoms with van der Waals surface area (Å²) in [6.07, 6.45) is 0. The van der Waals surface area contributed by atoms with Gasteiger partial charge in [0.1, 0.15) is 0 Å². The molecule has 1 aliphatic rings. The van der Waals surface area contributed by atoms with E-state index in [1.54, 1.807) is 0 Å². The first-order chi connectivity index (χ1) is 8.47. The lowest BCUT2D eigenvalue weighted by molar-refractivity contribution is 0.138. The van der Waals surface area contributed by atoms with E-state index < -0.39 is 0 Å². The molecular formula is C13H28N4O. The summed E-state index contributed by atoms with van der Waals surface area (Å²) in [6, 6.07) is 0.133. The number of amides is 2. The van der Waals surface area contributed by atoms with E-state index in [4.69, 9.17) is 0 Å². The molecule has 18 heavy (non-hydrogen) atoms. The summed E-state index contributed by atoms with van der Waals surface area (Å²) >= 11 is 0. The van der Waals surface area contributed by atoms with E-state index in [1.807, 2.05) is 13.8 Å². The fraction of sp³-hybridized carbons (Fsp3) is 0.923. The van der Waals surface area contributed by atoms with Crippen molar-refractivity contribution in [2.45, 2.75) is 26.8 Å². The Hall–Kier alpha value is -0.810. The first-order valence-corrected chi connectivity index (χ1v) is 6.92. The summed E-state index contributed by atoms with van der Waals surface area (Å²) in [5, 5.41) is 5.76. The molecule has 0 aliphatic carbocycles. The molecule has 1 aliphatic heterocycles. The normalized spacial score (nSPS) is 19.8. The van der Waals surface area contributed by atoms with Gasteiger partial charge in [-0.15, -0.1) is 0 Å². The van der Waals surface area contributed by atoms with Crippen molar-refractivity contribution in [2.24, 2.45) is 5.92 Å². The van der Waals surface area contributed by atoms with Crippen LogP contribution >= 0.6 is 0 Å². The molecule has 0 aromatic rings. The summed E-state index contributed by atoms with van der Waals surface area (Å²) in [5.74, 6) is 0.492. The molecule has 106 valence electrons. The predicted molar refractivity (Wildman–Crippen MR) is 74.8 cm³/mol. The molecule has 1 atom stereocenters. The van der Waals surface area contributed by atoms with Crippen molar-refractivity contribution in [1.82, 2.24) is 20.4 Å². The number of carbonyl (C=O) groups is 1. The molecule has 0 saturated carbocycles. The molecule has 0 radical (unpaired) electrons. The van der Waals surface area contributed by atoms with Gasteiger partial charge in [0, 0.05) is 45.3 Å². The second-order valence-corrected chi connectivity index (χ2v) is 5.72. The number of nitrogens with one attached hydrogen (secondary N) is 2. The smallest absolute Gasteiger partial charge is 0.314 e. The van der Waals surface area contributed by atoms with Crippen LogP contribution in [0.2, 0.25) is 0 Å². The van der Waals surface area contributed by atoms with Crippen LogP contribution in [0.4, 0.5) is 4.79 Å². The number of urea groups is 1. The molecule has 1 saturated heterocycles. The van der Waals surface area contributed by atoms with E-state index in [1.165, 1.54) is 0 Å². The summed E-state index contributed by atoms with van der Waals surface area (Å²) in [7, 11) is 2.17. The van der Waals surface area contributed by atoms with Crippen molar-refractivity contribution in [3.05, 3.63) is 0 Å². The monoisotopic (exact) mass is 256 g/mol. The molecule has 0 spiro atoms. The second-order valence-electron chi connectivity index (χ2n) is 5.72. The van der Waals surface area contributed by atoms with E-state index in [2.05, 4.69) is 34.4 Å². The zero-order valence-corrected chi connectivity index (χ0v) is 12.2. The van der Waals surface area contributed by atoms with Gasteiger partial charge in [0.25, 0.3) is 0 Å². The molecule has 1 fully saturated rings. The zero-order chi connectivity index (χ0) is 13.5. The minimum absolute atomic E-state index is 0.0600. The largest absolute Gasteiger partial charge is 0.338 e. The second kappa shape index (κ2) is 7.59. The van der Waals surface area contributed by atoms with Gasteiger partial charge >= 0.3 is 6.03 Å². The number of hydrogen-bond acceptors (Lipinski definition) is 3. The SMILES string of the molecule is CC(C)NC(=O)NC[C@@H](C)CN1CCN(C)CC1. The van der Waals surface area contributed by atoms with E-state index in [0.29, 0.717) is 5.92 Å². The van der Waals surface area contributed by atoms with Crippen LogP contribution in [0, 0.1) is 5.92 Å². The summed E-state index contributed by atoms with van der Waals surface area (Å²) in [4.78, 5) is 16.3. The van der Waals surface area contributed by atoms with Crippen molar-refractivity contribution in [1.29, 1.82) is 0 Å². The Labute approximate surface area is 111 Å². The van der Waals surface area contributed by atoms with Gasteiger partial charge in [-0.3, -0.25) is 0 Å². The highest BCUT2D eigenvalue weighted by atomic mass is 16.2. The molecule has 0 aromatic carbocycles. The molecule has 1 rings (SSSR count). The minimum Gasteiger partial charge on any atom is -0.338 e. The zero-order valence-electron chi connectivity index (χ0n) is 12.2. The first-order valence-electron chi connectivity index (χ1n) is 6.92. The van der Waals surface area contributed by atoms with E-state index in [0.717, 1.165) is 39.3 Å². The highest BCUT2D eigenvalue weighted by Crippen LogP contribution is 2.03. The quantitative estimate of drug-likeness (QED) is 0.756. The highest BCUT2D eigenvalue weighted by molar-refractivity contribution is 5.74. The topological polar surface area (TPSA) is 47.6 Å². The number of nitrogens with zero attached hydrogens (tertiary/aromatic N) is 2. The van der Waals surface area contributed by atoms with Crippen LogP contribution in [-0.4, -0.2) is 68.2 Å². The Morgan fingerprint density at radius 1 is 1.17 bits per heavy atom. The molecule has 0 aromatic heterocycles. The summed E-state index contributed by atoms with van der Waals surface area (Å²) < 4.78 is 0. The molecule has 5 nitrogen and oxygen atoms in total. The average Bonchev–Trinajstić information content (AvgIpc) is 2.29. The third-order valence-corrected chi connectivity index (χ3v) is 3.20. The van der Waals surface area contributed by atoms with Crippen LogP contribution in [0.5, 0.6) is 0 Å². The summed E-state index contributed by atoms with van der Waals surface area (Å²) in [5.41, 5.74) is 0. The van der Waals surface area contributed by atoms with Crippen molar-refractivity contribution in [3.63, 3.8) is 0 Å². The Morgan fingerprint density at radius 3 is 2.33 bits per heavy atom. The van der Waals surface area contributed by atoms with Crippen molar-refractivity contribution in [2.75, 3.05) is 46.3 Å². The van der Waals surface area contributed by atoms with Gasteiger partial charge in [-0.25, -0.2) is 4.79 Å². The maximum Gasteiger partial charge on any atom is 0.314 e. The predicted octanol–water partition coefficient (Wildman–Crippen LogP) is 0.578. The summed E-state index contributed by atoms with van der Waals surface area (Å²) in [6.45, 7) is 12.5. The maximum atomic E-state index is 11.5. The molecule has 2 N–H and O–H groups in total. The van der Waals surface area contributed by atoms with Crippen LogP contribution in [0.25, 0.3) is 0 Å². The molecule has 0 unspecified atom stereocenters. The third kappa shape index (κ3) is 6.21. The van der Waals surface area contributed by atoms with Gasteiger partial charge in [-0.2, -0.15) is 0 Å². The van der Waals surface area contributed by atoms with Crippen molar-refractivity contribution >= 4 is 6.03 Å². The van der Waals surface area contributed by atoms with Gasteiger partial charge in [0.05, 0.1) is 0 Å². The lowest BCUT2D eigenvalue weighted by Crippen LogP contribution is -2.47. The molecule has 0 bridgehead atoms. The Balaban J connectivity index is 2.13. The average molecular weight is 256 g/mol. The van der Waals surface area contributed by atoms with Gasteiger partial charge in [-0.05, 0) is 26.8 Å². The lowest BCUT2D eigenvalue weighted by atomic mass is 10.1. The Morgan fingerprint density at radius 2 is 1.78 bits per heavy atom. The van der Waals surface area contributed by atoms with Crippen molar-refractivity contribution < 1.29 is 4.79 Å². The number of rotatable bonds is 5. The van der Waals surface area contributed by atoms with Gasteiger partial charge in [0.2, 0.25) is 0 Å². The number of likely N-dealkylation sites (N-methyl/N-ethyl adjacent to an activating group) is 1. The number of carbonyl (C=O) groups excluding carboxylic acids is 1. The number of hydrogen-bond donors (Lipinski definition) is 2. The van der Waals surface area contributed by atoms with Crippen molar-refractivity contribution in [3.8, 4) is 0 Å². The third-order valence-electron chi connectivity index (χ3n) is 3.20. The fourth-order valence-electron chi connectivity index (χ4n) is 2.12. The van der Waals surface area contributed by atoms with Gasteiger partial charge in [-0.1, -0.05) is 6.92 Å². The first kappa shape index (κ1) is 15.2. The van der Waals surface area contributed by atoms with Crippen LogP contribution < -0.4 is 10.6 Å². The lowest BCUT2D eigenvalue weighted by Gasteiger charge is -2.33. The van der Waals surface area contributed by atoms with E-state index in [-0.39, 0.29) is 12.1 Å². The van der Waals surface area contributed by atoms with Gasteiger partial charge in [0.15, 0.2) is 0 Å². The van der Waals surface area contributed by atoms with Crippen LogP contribution in [-0.2, 0) is 0 Å². The highest BCUT2D eigenvalue weighted by Gasteiger charge is 2.16. The van der Waals surface area contributed by atoms with E-state index >= 15 is 0 Å². The van der Waals surface area contributed by atoms with Crippen LogP contribution in [0.15, 0.2) is 0 Å². The molecular weight excluding hydrogens is 228 g/mol. The molecule has 1 heterocycles. The minimum atomic E-state index is -0.0600. The maximum absolute atomic E-state index is 11.5. The van der Waals surface area contributed by atoms with Crippen LogP contribution in [0.3, 0.4) is 0 Å². The fourth-order valence-corrected chi connectivity index (χ4v) is 2.12. The Bertz CT molecular complexity index is 249. The molecule has 5 heteroatoms. The molecule has 2 amide bonds. The van der Waals surface area contributed by atoms with Gasteiger partial charge < -0.3 is 20.4 Å². The van der Waals surface area contributed by atoms with Crippen LogP contribution in [0.1, 0.15) is 20.8 Å². The van der Waals surface area contributed by atoms with E-state index in [9.17, 15) is 4.79 Å². The standard InChI is InChI=1S/C13H28N4O/c1-11(2)15-13(18)14-9-12(3)10-17-7-5-16(4)6-8-17/h11-12H,5-10H2,1-4H3,(H2,14,15,18)/t12-/m1/s1. The Kier molecular flexibility index (Phi) is 6.43.